The maximum Gasteiger partial charge on any atom is 0.227 e. The molecular formula is C18H15N3O2S. The molecule has 6 heteroatoms. The number of rotatable bonds is 4. The number of nitrogens with one attached hydrogen (secondary N) is 1. The minimum absolute atomic E-state index is 0.0169. The first-order valence-electron chi connectivity index (χ1n) is 7.43. The van der Waals surface area contributed by atoms with Gasteiger partial charge in [-0.2, -0.15) is 5.26 Å². The van der Waals surface area contributed by atoms with Crippen molar-refractivity contribution < 1.29 is 9.59 Å². The molecule has 0 radical (unpaired) electrons. The topological polar surface area (TPSA) is 96.0 Å². The molecule has 2 aromatic rings. The molecule has 5 nitrogen and oxygen atoms in total. The number of carbonyl (C=O) groups excluding carboxylic acids is 2. The lowest BCUT2D eigenvalue weighted by Gasteiger charge is -2.25. The summed E-state index contributed by atoms with van der Waals surface area (Å²) in [5, 5.41) is 14.8. The maximum absolute atomic E-state index is 12.1. The molecule has 0 spiro atoms. The van der Waals surface area contributed by atoms with Crippen LogP contribution in [0.5, 0.6) is 0 Å². The molecule has 0 saturated carbocycles. The van der Waals surface area contributed by atoms with Gasteiger partial charge < -0.3 is 11.1 Å². The Kier molecular flexibility index (Phi) is 4.54. The highest BCUT2D eigenvalue weighted by Crippen LogP contribution is 2.38. The van der Waals surface area contributed by atoms with Gasteiger partial charge >= 0.3 is 0 Å². The van der Waals surface area contributed by atoms with Crippen molar-refractivity contribution in [2.24, 2.45) is 5.73 Å². The van der Waals surface area contributed by atoms with E-state index in [1.54, 1.807) is 0 Å². The van der Waals surface area contributed by atoms with E-state index in [0.29, 0.717) is 10.6 Å². The minimum atomic E-state index is -0.494. The molecule has 1 atom stereocenters. The zero-order valence-corrected chi connectivity index (χ0v) is 13.6. The molecule has 24 heavy (non-hydrogen) atoms. The molecule has 1 aliphatic heterocycles. The zero-order valence-electron chi connectivity index (χ0n) is 12.8. The van der Waals surface area contributed by atoms with Crippen molar-refractivity contribution >= 4 is 34.3 Å². The van der Waals surface area contributed by atoms with Gasteiger partial charge in [-0.15, -0.1) is 0 Å². The van der Waals surface area contributed by atoms with E-state index in [0.717, 1.165) is 28.1 Å². The molecule has 0 aromatic heterocycles. The smallest absolute Gasteiger partial charge is 0.227 e. The first-order valence-corrected chi connectivity index (χ1v) is 8.41. The molecule has 2 amide bonds. The number of amides is 2. The highest BCUT2D eigenvalue weighted by molar-refractivity contribution is 8.03. The van der Waals surface area contributed by atoms with Crippen molar-refractivity contribution in [2.75, 3.05) is 5.75 Å². The Hall–Kier alpha value is -2.78. The van der Waals surface area contributed by atoms with Crippen LogP contribution in [0.3, 0.4) is 0 Å². The molecule has 2 aromatic carbocycles. The average Bonchev–Trinajstić information content (AvgIpc) is 2.59. The second-order valence-electron chi connectivity index (χ2n) is 5.48. The van der Waals surface area contributed by atoms with Gasteiger partial charge in [-0.3, -0.25) is 9.59 Å². The van der Waals surface area contributed by atoms with Crippen LogP contribution >= 0.6 is 11.8 Å². The van der Waals surface area contributed by atoms with Gasteiger partial charge in [0, 0.05) is 12.3 Å². The molecule has 1 heterocycles. The lowest BCUT2D eigenvalue weighted by Crippen LogP contribution is -2.31. The Labute approximate surface area is 143 Å². The lowest BCUT2D eigenvalue weighted by atomic mass is 9.84. The number of hydrogen-bond acceptors (Lipinski definition) is 4. The molecule has 0 aliphatic carbocycles. The van der Waals surface area contributed by atoms with Gasteiger partial charge in [0.2, 0.25) is 11.8 Å². The number of nitrogens with zero attached hydrogens (tertiary/aromatic N) is 1. The SMILES string of the molecule is N#CC1=C(SCC(N)=O)NC(=O)C[C@H]1c1cccc2ccccc12. The second kappa shape index (κ2) is 6.77. The quantitative estimate of drug-likeness (QED) is 0.895. The summed E-state index contributed by atoms with van der Waals surface area (Å²) in [5.74, 6) is -0.973. The number of fused-ring (bicyclic) bond motifs is 1. The van der Waals surface area contributed by atoms with Crippen LogP contribution in [0.4, 0.5) is 0 Å². The number of nitriles is 1. The van der Waals surface area contributed by atoms with Crippen molar-refractivity contribution in [1.82, 2.24) is 5.32 Å². The van der Waals surface area contributed by atoms with Crippen LogP contribution in [0.15, 0.2) is 53.1 Å². The molecule has 3 rings (SSSR count). The normalized spacial score (nSPS) is 17.5. The van der Waals surface area contributed by atoms with Crippen molar-refractivity contribution in [3.05, 3.63) is 58.6 Å². The first kappa shape index (κ1) is 16.1. The van der Waals surface area contributed by atoms with E-state index in [4.69, 9.17) is 5.73 Å². The van der Waals surface area contributed by atoms with E-state index in [1.165, 1.54) is 0 Å². The van der Waals surface area contributed by atoms with Crippen molar-refractivity contribution in [3.8, 4) is 6.07 Å². The van der Waals surface area contributed by atoms with Crippen LogP contribution in [0.25, 0.3) is 10.8 Å². The summed E-state index contributed by atoms with van der Waals surface area (Å²) in [6, 6.07) is 16.0. The fraction of sp³-hybridized carbons (Fsp3) is 0.167. The Morgan fingerprint density at radius 3 is 2.79 bits per heavy atom. The summed E-state index contributed by atoms with van der Waals surface area (Å²) in [6.07, 6.45) is 0.206. The van der Waals surface area contributed by atoms with Gasteiger partial charge in [0.25, 0.3) is 0 Å². The number of allylic oxidation sites excluding steroid dienone is 1. The van der Waals surface area contributed by atoms with Gasteiger partial charge in [-0.1, -0.05) is 54.2 Å². The van der Waals surface area contributed by atoms with Crippen molar-refractivity contribution in [1.29, 1.82) is 5.26 Å². The molecular weight excluding hydrogens is 322 g/mol. The van der Waals surface area contributed by atoms with Crippen molar-refractivity contribution in [2.45, 2.75) is 12.3 Å². The fourth-order valence-corrected chi connectivity index (χ4v) is 3.71. The molecule has 0 bridgehead atoms. The molecule has 0 unspecified atom stereocenters. The monoisotopic (exact) mass is 337 g/mol. The third kappa shape index (κ3) is 3.12. The molecule has 1 aliphatic rings. The standard InChI is InChI=1S/C18H15N3O2S/c19-9-15-14(8-17(23)21-18(15)24-10-16(20)22)13-7-3-5-11-4-1-2-6-12(11)13/h1-7,14H,8,10H2,(H2,20,22)(H,21,23)/t14-/m0/s1. The van der Waals surface area contributed by atoms with Crippen LogP contribution in [0.2, 0.25) is 0 Å². The summed E-state index contributed by atoms with van der Waals surface area (Å²) in [7, 11) is 0. The van der Waals surface area contributed by atoms with E-state index in [2.05, 4.69) is 11.4 Å². The highest BCUT2D eigenvalue weighted by Gasteiger charge is 2.30. The Balaban J connectivity index is 2.10. The Morgan fingerprint density at radius 1 is 1.29 bits per heavy atom. The maximum atomic E-state index is 12.1. The lowest BCUT2D eigenvalue weighted by molar-refractivity contribution is -0.121. The number of hydrogen-bond donors (Lipinski definition) is 2. The summed E-state index contributed by atoms with van der Waals surface area (Å²) in [5.41, 5.74) is 6.58. The van der Waals surface area contributed by atoms with Gasteiger partial charge in [-0.25, -0.2) is 0 Å². The van der Waals surface area contributed by atoms with Crippen LogP contribution in [-0.4, -0.2) is 17.6 Å². The molecule has 0 fully saturated rings. The Bertz CT molecular complexity index is 893. The molecule has 120 valence electrons. The van der Waals surface area contributed by atoms with E-state index in [1.807, 2.05) is 42.5 Å². The highest BCUT2D eigenvalue weighted by atomic mass is 32.2. The number of benzene rings is 2. The number of primary amides is 1. The summed E-state index contributed by atoms with van der Waals surface area (Å²) in [6.45, 7) is 0. The van der Waals surface area contributed by atoms with Crippen LogP contribution in [0.1, 0.15) is 17.9 Å². The molecule has 3 N–H and O–H groups in total. The average molecular weight is 337 g/mol. The second-order valence-corrected chi connectivity index (χ2v) is 6.47. The number of nitrogens with two attached hydrogens (primary N) is 1. The van der Waals surface area contributed by atoms with Crippen molar-refractivity contribution in [3.63, 3.8) is 0 Å². The van der Waals surface area contributed by atoms with Gasteiger partial charge in [0.05, 0.1) is 22.4 Å². The van der Waals surface area contributed by atoms with Crippen LogP contribution in [-0.2, 0) is 9.59 Å². The molecule has 0 saturated heterocycles. The predicted octanol–water partition coefficient (Wildman–Crippen LogP) is 2.40. The zero-order chi connectivity index (χ0) is 17.1. The summed E-state index contributed by atoms with van der Waals surface area (Å²) < 4.78 is 0. The van der Waals surface area contributed by atoms with E-state index < -0.39 is 5.91 Å². The van der Waals surface area contributed by atoms with Gasteiger partial charge in [0.1, 0.15) is 0 Å². The predicted molar refractivity (Wildman–Crippen MR) is 93.7 cm³/mol. The van der Waals surface area contributed by atoms with E-state index >= 15 is 0 Å². The van der Waals surface area contributed by atoms with Gasteiger partial charge in [0.15, 0.2) is 0 Å². The van der Waals surface area contributed by atoms with E-state index in [-0.39, 0.29) is 24.0 Å². The first-order chi connectivity index (χ1) is 11.6. The van der Waals surface area contributed by atoms with E-state index in [9.17, 15) is 14.9 Å². The minimum Gasteiger partial charge on any atom is -0.369 e. The third-order valence-corrected chi connectivity index (χ3v) is 4.95. The van der Waals surface area contributed by atoms with Gasteiger partial charge in [-0.05, 0) is 16.3 Å². The van der Waals surface area contributed by atoms with Crippen LogP contribution < -0.4 is 11.1 Å². The number of carbonyl (C=O) groups is 2. The fourth-order valence-electron chi connectivity index (χ4n) is 2.90. The largest absolute Gasteiger partial charge is 0.369 e. The van der Waals surface area contributed by atoms with Crippen LogP contribution in [0, 0.1) is 11.3 Å². The number of thioether (sulfide) groups is 1. The Morgan fingerprint density at radius 2 is 2.04 bits per heavy atom. The third-order valence-electron chi connectivity index (χ3n) is 3.91. The summed E-state index contributed by atoms with van der Waals surface area (Å²) >= 11 is 1.10. The summed E-state index contributed by atoms with van der Waals surface area (Å²) in [4.78, 5) is 23.1.